The van der Waals surface area contributed by atoms with Crippen LogP contribution in [0, 0.1) is 6.92 Å². The molecule has 0 aromatic heterocycles. The summed E-state index contributed by atoms with van der Waals surface area (Å²) in [5, 5.41) is 0. The Bertz CT molecular complexity index is 833. The molecule has 0 aliphatic carbocycles. The highest BCUT2D eigenvalue weighted by atomic mass is 32.2. The number of amides is 1. The number of carbonyl (C=O) groups is 1. The number of sulfonamides is 1. The Morgan fingerprint density at radius 2 is 1.62 bits per heavy atom. The summed E-state index contributed by atoms with van der Waals surface area (Å²) in [6, 6.07) is 13.1. The first kappa shape index (κ1) is 19.7. The molecule has 2 N–H and O–H groups in total. The average molecular weight is 378 g/mol. The Morgan fingerprint density at radius 1 is 1.04 bits per heavy atom. The van der Waals surface area contributed by atoms with Crippen molar-refractivity contribution in [2.75, 3.05) is 6.61 Å². The Kier molecular flexibility index (Phi) is 6.59. The van der Waals surface area contributed by atoms with Crippen molar-refractivity contribution in [1.29, 1.82) is 0 Å². The molecule has 1 amide bonds. The summed E-state index contributed by atoms with van der Waals surface area (Å²) < 4.78 is 35.1. The monoisotopic (exact) mass is 378 g/mol. The summed E-state index contributed by atoms with van der Waals surface area (Å²) in [7, 11) is -3.84. The lowest BCUT2D eigenvalue weighted by Crippen LogP contribution is -2.47. The average Bonchev–Trinajstić information content (AvgIpc) is 2.62. The molecule has 7 nitrogen and oxygen atoms in total. The molecule has 0 saturated heterocycles. The molecule has 1 atom stereocenters. The van der Waals surface area contributed by atoms with Crippen molar-refractivity contribution in [2.45, 2.75) is 31.8 Å². The SMILES string of the molecule is CCOc1ccc(OC(C)C(=O)NNS(=O)(=O)c2ccc(C)cc2)cc1. The number of ether oxygens (including phenoxy) is 2. The minimum absolute atomic E-state index is 0.0588. The zero-order valence-electron chi connectivity index (χ0n) is 14.9. The number of hydrogen-bond acceptors (Lipinski definition) is 5. The van der Waals surface area contributed by atoms with Crippen LogP contribution in [0.1, 0.15) is 19.4 Å². The van der Waals surface area contributed by atoms with Crippen LogP contribution in [0.25, 0.3) is 0 Å². The number of hydrogen-bond donors (Lipinski definition) is 2. The molecule has 1 unspecified atom stereocenters. The van der Waals surface area contributed by atoms with Crippen LogP contribution in [-0.2, 0) is 14.8 Å². The highest BCUT2D eigenvalue weighted by Gasteiger charge is 2.19. The van der Waals surface area contributed by atoms with Gasteiger partial charge in [0.25, 0.3) is 15.9 Å². The minimum Gasteiger partial charge on any atom is -0.494 e. The molecule has 0 heterocycles. The fourth-order valence-electron chi connectivity index (χ4n) is 2.03. The lowest BCUT2D eigenvalue weighted by molar-refractivity contribution is -0.127. The third-order valence-corrected chi connectivity index (χ3v) is 4.72. The zero-order valence-corrected chi connectivity index (χ0v) is 15.7. The van der Waals surface area contributed by atoms with Gasteiger partial charge in [0, 0.05) is 0 Å². The summed E-state index contributed by atoms with van der Waals surface area (Å²) in [5.41, 5.74) is 3.10. The van der Waals surface area contributed by atoms with Gasteiger partial charge in [-0.2, -0.15) is 0 Å². The molecule has 140 valence electrons. The molecule has 0 aliphatic heterocycles. The zero-order chi connectivity index (χ0) is 19.2. The van der Waals surface area contributed by atoms with E-state index in [2.05, 4.69) is 10.3 Å². The van der Waals surface area contributed by atoms with Gasteiger partial charge in [-0.15, -0.1) is 4.83 Å². The molecule has 2 rings (SSSR count). The summed E-state index contributed by atoms with van der Waals surface area (Å²) in [6.07, 6.45) is -0.895. The second-order valence-electron chi connectivity index (χ2n) is 5.57. The molecule has 0 bridgehead atoms. The van der Waals surface area contributed by atoms with Crippen LogP contribution in [0.2, 0.25) is 0 Å². The Labute approximate surface area is 153 Å². The van der Waals surface area contributed by atoms with Crippen molar-refractivity contribution in [3.63, 3.8) is 0 Å². The number of carbonyl (C=O) groups excluding carboxylic acids is 1. The second-order valence-corrected chi connectivity index (χ2v) is 7.25. The van der Waals surface area contributed by atoms with Gasteiger partial charge in [0.2, 0.25) is 0 Å². The predicted molar refractivity (Wildman–Crippen MR) is 97.3 cm³/mol. The van der Waals surface area contributed by atoms with E-state index >= 15 is 0 Å². The first-order valence-electron chi connectivity index (χ1n) is 8.09. The van der Waals surface area contributed by atoms with E-state index in [1.54, 1.807) is 36.4 Å². The summed E-state index contributed by atoms with van der Waals surface area (Å²) in [4.78, 5) is 14.2. The molecule has 0 spiro atoms. The van der Waals surface area contributed by atoms with E-state index in [4.69, 9.17) is 9.47 Å². The Hall–Kier alpha value is -2.58. The van der Waals surface area contributed by atoms with Crippen molar-refractivity contribution in [2.24, 2.45) is 0 Å². The molecule has 2 aromatic carbocycles. The molecule has 0 radical (unpaired) electrons. The maximum absolute atomic E-state index is 12.1. The largest absolute Gasteiger partial charge is 0.494 e. The lowest BCUT2D eigenvalue weighted by atomic mass is 10.2. The van der Waals surface area contributed by atoms with Crippen LogP contribution in [0.4, 0.5) is 0 Å². The van der Waals surface area contributed by atoms with Crippen molar-refractivity contribution < 1.29 is 22.7 Å². The van der Waals surface area contributed by atoms with Crippen molar-refractivity contribution in [3.8, 4) is 11.5 Å². The topological polar surface area (TPSA) is 93.7 Å². The molecular weight excluding hydrogens is 356 g/mol. The number of rotatable bonds is 8. The van der Waals surface area contributed by atoms with Gasteiger partial charge in [-0.05, 0) is 57.2 Å². The maximum Gasteiger partial charge on any atom is 0.275 e. The van der Waals surface area contributed by atoms with Crippen LogP contribution in [0.5, 0.6) is 11.5 Å². The van der Waals surface area contributed by atoms with E-state index in [1.165, 1.54) is 19.1 Å². The van der Waals surface area contributed by atoms with Gasteiger partial charge in [0.15, 0.2) is 6.10 Å². The van der Waals surface area contributed by atoms with Crippen LogP contribution >= 0.6 is 0 Å². The van der Waals surface area contributed by atoms with Crippen LogP contribution < -0.4 is 19.7 Å². The number of benzene rings is 2. The van der Waals surface area contributed by atoms with E-state index in [-0.39, 0.29) is 4.90 Å². The molecule has 0 fully saturated rings. The molecular formula is C18H22N2O5S. The van der Waals surface area contributed by atoms with Gasteiger partial charge >= 0.3 is 0 Å². The van der Waals surface area contributed by atoms with E-state index in [9.17, 15) is 13.2 Å². The van der Waals surface area contributed by atoms with Gasteiger partial charge in [0.05, 0.1) is 11.5 Å². The van der Waals surface area contributed by atoms with Crippen molar-refractivity contribution in [1.82, 2.24) is 10.3 Å². The van der Waals surface area contributed by atoms with Gasteiger partial charge in [-0.25, -0.2) is 8.42 Å². The second kappa shape index (κ2) is 8.68. The number of hydrazine groups is 1. The van der Waals surface area contributed by atoms with Crippen LogP contribution in [0.3, 0.4) is 0 Å². The highest BCUT2D eigenvalue weighted by Crippen LogP contribution is 2.18. The number of aryl methyl sites for hydroxylation is 1. The van der Waals surface area contributed by atoms with Crippen LogP contribution in [0.15, 0.2) is 53.4 Å². The third-order valence-electron chi connectivity index (χ3n) is 3.46. The lowest BCUT2D eigenvalue weighted by Gasteiger charge is -2.15. The standard InChI is InChI=1S/C18H22N2O5S/c1-4-24-15-7-9-16(10-8-15)25-14(3)18(21)19-20-26(22,23)17-11-5-13(2)6-12-17/h5-12,14,20H,4H2,1-3H3,(H,19,21). The predicted octanol–water partition coefficient (Wildman–Crippen LogP) is 2.17. The minimum atomic E-state index is -3.84. The molecule has 26 heavy (non-hydrogen) atoms. The normalized spacial score (nSPS) is 12.3. The van der Waals surface area contributed by atoms with Gasteiger partial charge < -0.3 is 9.47 Å². The van der Waals surface area contributed by atoms with E-state index < -0.39 is 22.0 Å². The summed E-state index contributed by atoms with van der Waals surface area (Å²) in [5.74, 6) is 0.551. The Morgan fingerprint density at radius 3 is 2.19 bits per heavy atom. The van der Waals surface area contributed by atoms with Gasteiger partial charge in [-0.3, -0.25) is 10.2 Å². The Balaban J connectivity index is 1.91. The first-order chi connectivity index (χ1) is 12.3. The fourth-order valence-corrected chi connectivity index (χ4v) is 2.88. The van der Waals surface area contributed by atoms with Crippen molar-refractivity contribution >= 4 is 15.9 Å². The van der Waals surface area contributed by atoms with Crippen molar-refractivity contribution in [3.05, 3.63) is 54.1 Å². The van der Waals surface area contributed by atoms with E-state index in [0.29, 0.717) is 18.1 Å². The van der Waals surface area contributed by atoms with Crippen LogP contribution in [-0.4, -0.2) is 27.0 Å². The third kappa shape index (κ3) is 5.47. The molecule has 0 saturated carbocycles. The molecule has 0 aliphatic rings. The summed E-state index contributed by atoms with van der Waals surface area (Å²) in [6.45, 7) is 5.81. The maximum atomic E-state index is 12.1. The summed E-state index contributed by atoms with van der Waals surface area (Å²) >= 11 is 0. The smallest absolute Gasteiger partial charge is 0.275 e. The first-order valence-corrected chi connectivity index (χ1v) is 9.58. The fraction of sp³-hybridized carbons (Fsp3) is 0.278. The van der Waals surface area contributed by atoms with Gasteiger partial charge in [0.1, 0.15) is 11.5 Å². The van der Waals surface area contributed by atoms with E-state index in [0.717, 1.165) is 5.56 Å². The van der Waals surface area contributed by atoms with Gasteiger partial charge in [-0.1, -0.05) is 17.7 Å². The number of nitrogens with one attached hydrogen (secondary N) is 2. The molecule has 8 heteroatoms. The highest BCUT2D eigenvalue weighted by molar-refractivity contribution is 7.89. The van der Waals surface area contributed by atoms with E-state index in [1.807, 2.05) is 13.8 Å². The molecule has 2 aromatic rings. The quantitative estimate of drug-likeness (QED) is 0.687.